The Morgan fingerprint density at radius 1 is 1.00 bits per heavy atom. The van der Waals surface area contributed by atoms with Gasteiger partial charge in [-0.2, -0.15) is 0 Å². The molecule has 1 atom stereocenters. The third kappa shape index (κ3) is 4.46. The van der Waals surface area contributed by atoms with Gasteiger partial charge in [-0.15, -0.1) is 0 Å². The zero-order valence-corrected chi connectivity index (χ0v) is 16.0. The molecule has 1 amide bonds. The average Bonchev–Trinajstić information content (AvgIpc) is 2.77. The first-order chi connectivity index (χ1) is 13.6. The lowest BCUT2D eigenvalue weighted by molar-refractivity contribution is 0.0737. The van der Waals surface area contributed by atoms with Crippen molar-refractivity contribution < 1.29 is 14.3 Å². The first-order valence-corrected chi connectivity index (χ1v) is 9.18. The van der Waals surface area contributed by atoms with E-state index in [2.05, 4.69) is 0 Å². The van der Waals surface area contributed by atoms with Gasteiger partial charge in [0, 0.05) is 12.6 Å². The van der Waals surface area contributed by atoms with E-state index < -0.39 is 0 Å². The molecular weight excluding hydrogens is 350 g/mol. The van der Waals surface area contributed by atoms with Gasteiger partial charge in [0.1, 0.15) is 18.6 Å². The molecule has 3 aromatic carbocycles. The molecule has 142 valence electrons. The fraction of sp³-hybridized carbons (Fsp3) is 0.167. The fourth-order valence-electron chi connectivity index (χ4n) is 2.97. The molecule has 0 radical (unpaired) electrons. The number of amides is 1. The minimum Gasteiger partial charge on any atom is -0.488 e. The van der Waals surface area contributed by atoms with Crippen LogP contribution in [0.2, 0.25) is 0 Å². The van der Waals surface area contributed by atoms with E-state index in [1.54, 1.807) is 30.1 Å². The Bertz CT molecular complexity index is 939. The Labute approximate surface area is 165 Å². The van der Waals surface area contributed by atoms with Crippen molar-refractivity contribution in [2.45, 2.75) is 19.6 Å². The minimum atomic E-state index is -0.192. The smallest absolute Gasteiger partial charge is 0.257 e. The van der Waals surface area contributed by atoms with E-state index in [9.17, 15) is 9.59 Å². The van der Waals surface area contributed by atoms with Crippen molar-refractivity contribution in [1.82, 2.24) is 4.90 Å². The molecule has 0 unspecified atom stereocenters. The van der Waals surface area contributed by atoms with Gasteiger partial charge in [0.25, 0.3) is 5.91 Å². The van der Waals surface area contributed by atoms with Gasteiger partial charge >= 0.3 is 0 Å². The molecular formula is C24H23NO3. The minimum absolute atomic E-state index is 0.115. The molecule has 4 heteroatoms. The summed E-state index contributed by atoms with van der Waals surface area (Å²) in [5, 5.41) is 0. The normalized spacial score (nSPS) is 11.5. The fourth-order valence-corrected chi connectivity index (χ4v) is 2.97. The van der Waals surface area contributed by atoms with Crippen LogP contribution < -0.4 is 4.74 Å². The van der Waals surface area contributed by atoms with Crippen molar-refractivity contribution in [3.8, 4) is 5.75 Å². The maximum Gasteiger partial charge on any atom is 0.257 e. The highest BCUT2D eigenvalue weighted by Crippen LogP contribution is 2.26. The van der Waals surface area contributed by atoms with Crippen LogP contribution in [0, 0.1) is 0 Å². The van der Waals surface area contributed by atoms with Crippen LogP contribution in [0.3, 0.4) is 0 Å². The number of rotatable bonds is 7. The monoisotopic (exact) mass is 373 g/mol. The van der Waals surface area contributed by atoms with Gasteiger partial charge in [-0.05, 0) is 36.2 Å². The number of benzene rings is 3. The van der Waals surface area contributed by atoms with Gasteiger partial charge in [-0.1, -0.05) is 60.7 Å². The van der Waals surface area contributed by atoms with Crippen LogP contribution in [0.1, 0.15) is 44.8 Å². The van der Waals surface area contributed by atoms with Crippen molar-refractivity contribution in [3.63, 3.8) is 0 Å². The molecule has 4 nitrogen and oxygen atoms in total. The van der Waals surface area contributed by atoms with Crippen LogP contribution in [0.5, 0.6) is 5.75 Å². The van der Waals surface area contributed by atoms with Gasteiger partial charge in [0.15, 0.2) is 0 Å². The van der Waals surface area contributed by atoms with Crippen molar-refractivity contribution in [1.29, 1.82) is 0 Å². The predicted molar refractivity (Wildman–Crippen MR) is 110 cm³/mol. The maximum absolute atomic E-state index is 13.2. The van der Waals surface area contributed by atoms with Crippen molar-refractivity contribution >= 4 is 12.2 Å². The third-order valence-electron chi connectivity index (χ3n) is 4.79. The van der Waals surface area contributed by atoms with Crippen LogP contribution >= 0.6 is 0 Å². The lowest BCUT2D eigenvalue weighted by Crippen LogP contribution is -2.30. The molecule has 0 aliphatic heterocycles. The Hall–Kier alpha value is -3.40. The lowest BCUT2D eigenvalue weighted by Gasteiger charge is -2.26. The summed E-state index contributed by atoms with van der Waals surface area (Å²) in [7, 11) is 1.76. The number of hydrogen-bond donors (Lipinski definition) is 0. The predicted octanol–water partition coefficient (Wildman–Crippen LogP) is 4.91. The van der Waals surface area contributed by atoms with Gasteiger partial charge < -0.3 is 9.64 Å². The number of hydrogen-bond acceptors (Lipinski definition) is 3. The van der Waals surface area contributed by atoms with Gasteiger partial charge in [0.2, 0.25) is 0 Å². The van der Waals surface area contributed by atoms with E-state index in [-0.39, 0.29) is 11.9 Å². The second kappa shape index (κ2) is 9.00. The molecule has 0 heterocycles. The third-order valence-corrected chi connectivity index (χ3v) is 4.79. The van der Waals surface area contributed by atoms with E-state index in [4.69, 9.17) is 4.74 Å². The van der Waals surface area contributed by atoms with Crippen molar-refractivity contribution in [2.24, 2.45) is 0 Å². The summed E-state index contributed by atoms with van der Waals surface area (Å²) in [6, 6.07) is 24.4. The molecule has 0 N–H and O–H groups in total. The van der Waals surface area contributed by atoms with Gasteiger partial charge in [-0.3, -0.25) is 9.59 Å². The maximum atomic E-state index is 13.2. The topological polar surface area (TPSA) is 46.6 Å². The number of ether oxygens (including phenoxy) is 1. The van der Waals surface area contributed by atoms with Crippen LogP contribution in [-0.2, 0) is 6.61 Å². The zero-order valence-electron chi connectivity index (χ0n) is 16.0. The Morgan fingerprint density at radius 2 is 1.64 bits per heavy atom. The summed E-state index contributed by atoms with van der Waals surface area (Å²) in [5.74, 6) is 0.273. The molecule has 3 aromatic rings. The largest absolute Gasteiger partial charge is 0.488 e. The van der Waals surface area contributed by atoms with Crippen LogP contribution in [-0.4, -0.2) is 24.1 Å². The first kappa shape index (κ1) is 19.4. The standard InChI is InChI=1S/C24H23NO3/c1-18(21-11-7-4-8-12-21)25(2)24(27)22-15-20(16-26)13-14-23(22)28-17-19-9-5-3-6-10-19/h3-16,18H,17H2,1-2H3/t18-/m0/s1. The molecule has 0 saturated heterocycles. The van der Waals surface area contributed by atoms with Crippen LogP contribution in [0.4, 0.5) is 0 Å². The van der Waals surface area contributed by atoms with Gasteiger partial charge in [-0.25, -0.2) is 0 Å². The molecule has 0 fully saturated rings. The van der Waals surface area contributed by atoms with E-state index in [0.29, 0.717) is 23.5 Å². The molecule has 3 rings (SSSR count). The summed E-state index contributed by atoms with van der Waals surface area (Å²) in [4.78, 5) is 26.1. The SMILES string of the molecule is C[C@@H](c1ccccc1)N(C)C(=O)c1cc(C=O)ccc1OCc1ccccc1. The summed E-state index contributed by atoms with van der Waals surface area (Å²) in [6.07, 6.45) is 0.735. The summed E-state index contributed by atoms with van der Waals surface area (Å²) in [5.41, 5.74) is 2.87. The average molecular weight is 373 g/mol. The molecule has 0 aliphatic rings. The molecule has 0 spiro atoms. The highest BCUT2D eigenvalue weighted by Gasteiger charge is 2.22. The lowest BCUT2D eigenvalue weighted by atomic mass is 10.0. The molecule has 0 aliphatic carbocycles. The summed E-state index contributed by atoms with van der Waals surface area (Å²) in [6.45, 7) is 2.32. The molecule has 0 aromatic heterocycles. The summed E-state index contributed by atoms with van der Waals surface area (Å²) >= 11 is 0. The highest BCUT2D eigenvalue weighted by atomic mass is 16.5. The Balaban J connectivity index is 1.85. The van der Waals surface area contributed by atoms with E-state index in [1.165, 1.54) is 0 Å². The molecule has 0 saturated carbocycles. The van der Waals surface area contributed by atoms with E-state index in [1.807, 2.05) is 67.6 Å². The highest BCUT2D eigenvalue weighted by molar-refractivity contribution is 5.98. The number of carbonyl (C=O) groups excluding carboxylic acids is 2. The van der Waals surface area contributed by atoms with Crippen LogP contribution in [0.15, 0.2) is 78.9 Å². The second-order valence-electron chi connectivity index (χ2n) is 6.65. The Kier molecular flexibility index (Phi) is 6.22. The zero-order chi connectivity index (χ0) is 19.9. The quantitative estimate of drug-likeness (QED) is 0.553. The van der Waals surface area contributed by atoms with Crippen molar-refractivity contribution in [2.75, 3.05) is 7.05 Å². The molecule has 0 bridgehead atoms. The molecule has 28 heavy (non-hydrogen) atoms. The van der Waals surface area contributed by atoms with Gasteiger partial charge in [0.05, 0.1) is 11.6 Å². The van der Waals surface area contributed by atoms with Crippen LogP contribution in [0.25, 0.3) is 0 Å². The van der Waals surface area contributed by atoms with E-state index in [0.717, 1.165) is 17.4 Å². The summed E-state index contributed by atoms with van der Waals surface area (Å²) < 4.78 is 5.92. The Morgan fingerprint density at radius 3 is 2.29 bits per heavy atom. The number of aldehydes is 1. The second-order valence-corrected chi connectivity index (χ2v) is 6.65. The number of nitrogens with zero attached hydrogens (tertiary/aromatic N) is 1. The van der Waals surface area contributed by atoms with E-state index >= 15 is 0 Å². The number of carbonyl (C=O) groups is 2. The van der Waals surface area contributed by atoms with Crippen molar-refractivity contribution in [3.05, 3.63) is 101 Å². The first-order valence-electron chi connectivity index (χ1n) is 9.18.